The van der Waals surface area contributed by atoms with Crippen LogP contribution in [0.25, 0.3) is 0 Å². The minimum atomic E-state index is 0.566. The van der Waals surface area contributed by atoms with Crippen LogP contribution in [0.5, 0.6) is 5.75 Å². The number of ether oxygens (including phenoxy) is 1. The molecule has 2 nitrogen and oxygen atoms in total. The molecule has 0 heterocycles. The summed E-state index contributed by atoms with van der Waals surface area (Å²) in [6, 6.07) is 17.0. The second-order valence-electron chi connectivity index (χ2n) is 9.94. The first-order chi connectivity index (χ1) is 14.1. The Morgan fingerprint density at radius 1 is 0.897 bits per heavy atom. The fraction of sp³-hybridized carbons (Fsp3) is 0.538. The molecule has 2 aromatic rings. The Labute approximate surface area is 180 Å². The first-order valence-corrected chi connectivity index (χ1v) is 11.7. The third-order valence-corrected chi connectivity index (χ3v) is 8.11. The summed E-state index contributed by atoms with van der Waals surface area (Å²) in [4.78, 5) is 0. The summed E-state index contributed by atoms with van der Waals surface area (Å²) in [6.07, 6.45) is 8.94. The molecule has 1 N–H and O–H groups in total. The second-order valence-corrected chi connectivity index (χ2v) is 10.4. The van der Waals surface area contributed by atoms with E-state index in [1.54, 1.807) is 0 Å². The molecule has 0 amide bonds. The number of rotatable bonds is 7. The van der Waals surface area contributed by atoms with Crippen LogP contribution in [0.2, 0.25) is 5.02 Å². The van der Waals surface area contributed by atoms with Crippen molar-refractivity contribution in [2.24, 2.45) is 23.2 Å². The van der Waals surface area contributed by atoms with E-state index >= 15 is 0 Å². The fourth-order valence-electron chi connectivity index (χ4n) is 6.65. The highest BCUT2D eigenvalue weighted by atomic mass is 35.5. The van der Waals surface area contributed by atoms with Crippen LogP contribution in [-0.4, -0.2) is 6.04 Å². The van der Waals surface area contributed by atoms with E-state index in [1.165, 1.54) is 44.1 Å². The third-order valence-electron chi connectivity index (χ3n) is 7.86. The molecule has 2 aromatic carbocycles. The van der Waals surface area contributed by atoms with Crippen molar-refractivity contribution >= 4 is 11.6 Å². The van der Waals surface area contributed by atoms with Crippen LogP contribution in [-0.2, 0) is 13.2 Å². The molecule has 4 fully saturated rings. The van der Waals surface area contributed by atoms with Gasteiger partial charge in [-0.1, -0.05) is 35.9 Å². The van der Waals surface area contributed by atoms with Gasteiger partial charge >= 0.3 is 0 Å². The Morgan fingerprint density at radius 2 is 1.45 bits per heavy atom. The van der Waals surface area contributed by atoms with Crippen molar-refractivity contribution in [2.75, 3.05) is 0 Å². The van der Waals surface area contributed by atoms with Crippen molar-refractivity contribution in [3.8, 4) is 5.75 Å². The molecule has 0 saturated heterocycles. The molecule has 0 aliphatic heterocycles. The Bertz CT molecular complexity index is 794. The molecule has 4 bridgehead atoms. The molecule has 0 aromatic heterocycles. The summed E-state index contributed by atoms with van der Waals surface area (Å²) in [7, 11) is 0. The summed E-state index contributed by atoms with van der Waals surface area (Å²) in [5, 5.41) is 4.64. The predicted molar refractivity (Wildman–Crippen MR) is 119 cm³/mol. The number of benzene rings is 2. The molecule has 1 atom stereocenters. The van der Waals surface area contributed by atoms with Gasteiger partial charge in [0.15, 0.2) is 0 Å². The summed E-state index contributed by atoms with van der Waals surface area (Å²) in [5.74, 6) is 3.96. The van der Waals surface area contributed by atoms with Crippen LogP contribution in [0, 0.1) is 23.2 Å². The van der Waals surface area contributed by atoms with Crippen LogP contribution in [0.4, 0.5) is 0 Å². The van der Waals surface area contributed by atoms with Crippen molar-refractivity contribution < 1.29 is 4.74 Å². The van der Waals surface area contributed by atoms with E-state index in [9.17, 15) is 0 Å². The highest BCUT2D eigenvalue weighted by Crippen LogP contribution is 2.61. The first-order valence-electron chi connectivity index (χ1n) is 11.3. The average Bonchev–Trinajstić information content (AvgIpc) is 2.71. The van der Waals surface area contributed by atoms with Gasteiger partial charge in [0, 0.05) is 17.6 Å². The molecule has 4 aliphatic rings. The standard InChI is InChI=1S/C26H32ClNO/c1-18(26-13-21-10-22(14-26)12-23(11-21)15-26)28-16-19-4-8-25(9-5-19)29-17-20-2-6-24(27)7-3-20/h2-9,18,21-23,28H,10-17H2,1H3/t18-,21?,22?,23?,26?/m1/s1. The van der Waals surface area contributed by atoms with Gasteiger partial charge in [0.05, 0.1) is 0 Å². The maximum atomic E-state index is 5.94. The lowest BCUT2D eigenvalue weighted by atomic mass is 9.48. The third kappa shape index (κ3) is 4.20. The van der Waals surface area contributed by atoms with Crippen LogP contribution in [0.1, 0.15) is 56.6 Å². The van der Waals surface area contributed by atoms with E-state index in [1.807, 2.05) is 24.3 Å². The minimum absolute atomic E-state index is 0.566. The van der Waals surface area contributed by atoms with Gasteiger partial charge in [-0.15, -0.1) is 0 Å². The van der Waals surface area contributed by atoms with Gasteiger partial charge in [0.25, 0.3) is 0 Å². The largest absolute Gasteiger partial charge is 0.489 e. The molecule has 154 valence electrons. The summed E-state index contributed by atoms with van der Waals surface area (Å²) in [5.41, 5.74) is 3.03. The van der Waals surface area contributed by atoms with Gasteiger partial charge in [0.1, 0.15) is 12.4 Å². The maximum Gasteiger partial charge on any atom is 0.119 e. The molecule has 4 saturated carbocycles. The van der Waals surface area contributed by atoms with Crippen LogP contribution >= 0.6 is 11.6 Å². The highest BCUT2D eigenvalue weighted by Gasteiger charge is 2.52. The maximum absolute atomic E-state index is 5.94. The zero-order valence-corrected chi connectivity index (χ0v) is 18.1. The Morgan fingerprint density at radius 3 is 2.03 bits per heavy atom. The van der Waals surface area contributed by atoms with Gasteiger partial charge in [-0.2, -0.15) is 0 Å². The van der Waals surface area contributed by atoms with Crippen molar-refractivity contribution in [1.82, 2.24) is 5.32 Å². The minimum Gasteiger partial charge on any atom is -0.489 e. The normalized spacial score (nSPS) is 31.0. The highest BCUT2D eigenvalue weighted by molar-refractivity contribution is 6.30. The lowest BCUT2D eigenvalue weighted by Gasteiger charge is -2.59. The number of hydrogen-bond acceptors (Lipinski definition) is 2. The molecule has 29 heavy (non-hydrogen) atoms. The Balaban J connectivity index is 1.14. The monoisotopic (exact) mass is 409 g/mol. The second kappa shape index (κ2) is 7.96. The smallest absolute Gasteiger partial charge is 0.119 e. The van der Waals surface area contributed by atoms with E-state index in [0.29, 0.717) is 18.1 Å². The van der Waals surface area contributed by atoms with Crippen molar-refractivity contribution in [3.63, 3.8) is 0 Å². The zero-order valence-electron chi connectivity index (χ0n) is 17.4. The Hall–Kier alpha value is -1.51. The van der Waals surface area contributed by atoms with Gasteiger partial charge in [-0.05, 0) is 104 Å². The van der Waals surface area contributed by atoms with E-state index in [4.69, 9.17) is 16.3 Å². The lowest BCUT2D eigenvalue weighted by molar-refractivity contribution is -0.0706. The number of halogens is 1. The van der Waals surface area contributed by atoms with Crippen molar-refractivity contribution in [3.05, 3.63) is 64.7 Å². The molecule has 3 heteroatoms. The van der Waals surface area contributed by atoms with E-state index in [2.05, 4.69) is 36.5 Å². The predicted octanol–water partition coefficient (Wildman–Crippen LogP) is 6.61. The molecule has 6 rings (SSSR count). The summed E-state index contributed by atoms with van der Waals surface area (Å²) in [6.45, 7) is 3.95. The molecule has 0 spiro atoms. The topological polar surface area (TPSA) is 21.3 Å². The number of nitrogens with one attached hydrogen (secondary N) is 1. The van der Waals surface area contributed by atoms with E-state index in [0.717, 1.165) is 40.6 Å². The molecular formula is C26H32ClNO. The van der Waals surface area contributed by atoms with Gasteiger partial charge in [-0.25, -0.2) is 0 Å². The first kappa shape index (κ1) is 19.5. The van der Waals surface area contributed by atoms with E-state index in [-0.39, 0.29) is 0 Å². The van der Waals surface area contributed by atoms with Crippen LogP contribution in [0.3, 0.4) is 0 Å². The lowest BCUT2D eigenvalue weighted by Crippen LogP contribution is -2.54. The molecular weight excluding hydrogens is 378 g/mol. The molecule has 0 radical (unpaired) electrons. The quantitative estimate of drug-likeness (QED) is 0.555. The molecule has 0 unspecified atom stereocenters. The van der Waals surface area contributed by atoms with Gasteiger partial charge in [0.2, 0.25) is 0 Å². The number of hydrogen-bond donors (Lipinski definition) is 1. The fourth-order valence-corrected chi connectivity index (χ4v) is 6.77. The average molecular weight is 410 g/mol. The summed E-state index contributed by atoms with van der Waals surface area (Å²) < 4.78 is 5.91. The SMILES string of the molecule is C[C@@H](NCc1ccc(OCc2ccc(Cl)cc2)cc1)C12CC3CC(CC(C3)C1)C2. The van der Waals surface area contributed by atoms with Crippen LogP contribution < -0.4 is 10.1 Å². The zero-order chi connectivity index (χ0) is 19.8. The van der Waals surface area contributed by atoms with Crippen molar-refractivity contribution in [2.45, 2.75) is 64.6 Å². The van der Waals surface area contributed by atoms with Crippen LogP contribution in [0.15, 0.2) is 48.5 Å². The Kier molecular flexibility index (Phi) is 5.34. The van der Waals surface area contributed by atoms with Gasteiger partial charge < -0.3 is 10.1 Å². The molecule has 4 aliphatic carbocycles. The van der Waals surface area contributed by atoms with Gasteiger partial charge in [-0.3, -0.25) is 0 Å². The van der Waals surface area contributed by atoms with Crippen molar-refractivity contribution in [1.29, 1.82) is 0 Å². The van der Waals surface area contributed by atoms with E-state index < -0.39 is 0 Å². The summed E-state index contributed by atoms with van der Waals surface area (Å²) >= 11 is 5.94.